The summed E-state index contributed by atoms with van der Waals surface area (Å²) in [5.41, 5.74) is 0.469. The molecule has 1 rings (SSSR count). The summed E-state index contributed by atoms with van der Waals surface area (Å²) in [4.78, 5) is 0. The Labute approximate surface area is 109 Å². The predicted octanol–water partition coefficient (Wildman–Crippen LogP) is 4.47. The van der Waals surface area contributed by atoms with E-state index >= 15 is 0 Å². The van der Waals surface area contributed by atoms with Gasteiger partial charge in [-0.3, -0.25) is 0 Å². The molecule has 1 fully saturated rings. The highest BCUT2D eigenvalue weighted by atomic mass is 15.0. The SMILES string of the molecule is CC(C)CC(C)CC(C)(CNC1CC1)C(C)C. The van der Waals surface area contributed by atoms with Crippen LogP contribution in [0, 0.1) is 23.2 Å². The predicted molar refractivity (Wildman–Crippen MR) is 77.2 cm³/mol. The van der Waals surface area contributed by atoms with E-state index in [9.17, 15) is 0 Å². The Hall–Kier alpha value is -0.0400. The van der Waals surface area contributed by atoms with Gasteiger partial charge in [0.1, 0.15) is 0 Å². The van der Waals surface area contributed by atoms with E-state index in [1.807, 2.05) is 0 Å². The number of rotatable bonds is 8. The van der Waals surface area contributed by atoms with Gasteiger partial charge in [-0.15, -0.1) is 0 Å². The fourth-order valence-electron chi connectivity index (χ4n) is 2.86. The molecule has 2 unspecified atom stereocenters. The van der Waals surface area contributed by atoms with E-state index in [2.05, 4.69) is 46.9 Å². The average Bonchev–Trinajstić information content (AvgIpc) is 2.96. The molecule has 17 heavy (non-hydrogen) atoms. The molecule has 0 radical (unpaired) electrons. The third kappa shape index (κ3) is 5.42. The van der Waals surface area contributed by atoms with Crippen LogP contribution in [0.4, 0.5) is 0 Å². The molecule has 1 aliphatic rings. The first-order chi connectivity index (χ1) is 7.83. The van der Waals surface area contributed by atoms with Gasteiger partial charge in [0.25, 0.3) is 0 Å². The van der Waals surface area contributed by atoms with Crippen LogP contribution >= 0.6 is 0 Å². The molecule has 0 aliphatic heterocycles. The third-order valence-corrected chi connectivity index (χ3v) is 4.45. The van der Waals surface area contributed by atoms with Crippen molar-refractivity contribution in [1.29, 1.82) is 0 Å². The van der Waals surface area contributed by atoms with E-state index in [0.29, 0.717) is 5.41 Å². The lowest BCUT2D eigenvalue weighted by Gasteiger charge is -2.37. The molecule has 102 valence electrons. The summed E-state index contributed by atoms with van der Waals surface area (Å²) in [5, 5.41) is 3.74. The molecular weight excluding hydrogens is 206 g/mol. The molecule has 1 aliphatic carbocycles. The van der Waals surface area contributed by atoms with Crippen LogP contribution in [0.5, 0.6) is 0 Å². The van der Waals surface area contributed by atoms with Crippen molar-refractivity contribution < 1.29 is 0 Å². The van der Waals surface area contributed by atoms with Crippen LogP contribution in [0.25, 0.3) is 0 Å². The van der Waals surface area contributed by atoms with E-state index in [4.69, 9.17) is 0 Å². The van der Waals surface area contributed by atoms with Gasteiger partial charge in [-0.2, -0.15) is 0 Å². The van der Waals surface area contributed by atoms with Gasteiger partial charge in [0.05, 0.1) is 0 Å². The van der Waals surface area contributed by atoms with Crippen molar-refractivity contribution in [3.8, 4) is 0 Å². The molecule has 0 amide bonds. The first-order valence-corrected chi connectivity index (χ1v) is 7.57. The molecule has 0 aromatic heterocycles. The Bertz CT molecular complexity index is 218. The maximum absolute atomic E-state index is 3.74. The van der Waals surface area contributed by atoms with Crippen LogP contribution in [0.15, 0.2) is 0 Å². The third-order valence-electron chi connectivity index (χ3n) is 4.45. The normalized spacial score (nSPS) is 21.9. The van der Waals surface area contributed by atoms with Crippen LogP contribution in [0.3, 0.4) is 0 Å². The van der Waals surface area contributed by atoms with E-state index < -0.39 is 0 Å². The van der Waals surface area contributed by atoms with Gasteiger partial charge >= 0.3 is 0 Å². The Morgan fingerprint density at radius 3 is 2.12 bits per heavy atom. The summed E-state index contributed by atoms with van der Waals surface area (Å²) >= 11 is 0. The summed E-state index contributed by atoms with van der Waals surface area (Å²) < 4.78 is 0. The highest BCUT2D eigenvalue weighted by molar-refractivity contribution is 4.88. The zero-order valence-electron chi connectivity index (χ0n) is 12.8. The molecule has 2 atom stereocenters. The molecule has 1 heteroatoms. The molecule has 0 aromatic carbocycles. The second-order valence-corrected chi connectivity index (χ2v) is 7.40. The van der Waals surface area contributed by atoms with Crippen LogP contribution in [0.1, 0.15) is 67.2 Å². The summed E-state index contributed by atoms with van der Waals surface area (Å²) in [5.74, 6) is 2.45. The Kier molecular flexibility index (Phi) is 5.50. The second kappa shape index (κ2) is 6.22. The maximum Gasteiger partial charge on any atom is 0.00684 e. The molecule has 0 bridgehead atoms. The van der Waals surface area contributed by atoms with Gasteiger partial charge in [-0.1, -0.05) is 41.5 Å². The minimum atomic E-state index is 0.469. The Balaban J connectivity index is 2.43. The van der Waals surface area contributed by atoms with E-state index in [1.54, 1.807) is 0 Å². The van der Waals surface area contributed by atoms with Crippen molar-refractivity contribution in [3.05, 3.63) is 0 Å². The molecule has 1 nitrogen and oxygen atoms in total. The smallest absolute Gasteiger partial charge is 0.00684 e. The van der Waals surface area contributed by atoms with Crippen LogP contribution in [-0.2, 0) is 0 Å². The van der Waals surface area contributed by atoms with Crippen molar-refractivity contribution >= 4 is 0 Å². The minimum absolute atomic E-state index is 0.469. The fourth-order valence-corrected chi connectivity index (χ4v) is 2.86. The highest BCUT2D eigenvalue weighted by Crippen LogP contribution is 2.36. The minimum Gasteiger partial charge on any atom is -0.313 e. The van der Waals surface area contributed by atoms with Gasteiger partial charge in [0.15, 0.2) is 0 Å². The van der Waals surface area contributed by atoms with Crippen LogP contribution in [0.2, 0.25) is 0 Å². The van der Waals surface area contributed by atoms with E-state index in [1.165, 1.54) is 32.2 Å². The second-order valence-electron chi connectivity index (χ2n) is 7.40. The largest absolute Gasteiger partial charge is 0.313 e. The molecule has 0 spiro atoms. The Morgan fingerprint density at radius 2 is 1.71 bits per heavy atom. The first-order valence-electron chi connectivity index (χ1n) is 7.57. The molecule has 0 heterocycles. The lowest BCUT2D eigenvalue weighted by atomic mass is 9.71. The average molecular weight is 239 g/mol. The summed E-state index contributed by atoms with van der Waals surface area (Å²) in [7, 11) is 0. The number of hydrogen-bond acceptors (Lipinski definition) is 1. The first kappa shape index (κ1) is 15.0. The summed E-state index contributed by atoms with van der Waals surface area (Å²) in [6, 6.07) is 0.841. The zero-order chi connectivity index (χ0) is 13.1. The topological polar surface area (TPSA) is 12.0 Å². The van der Waals surface area contributed by atoms with E-state index in [0.717, 1.165) is 23.8 Å². The van der Waals surface area contributed by atoms with E-state index in [-0.39, 0.29) is 0 Å². The highest BCUT2D eigenvalue weighted by Gasteiger charge is 2.32. The molecule has 0 saturated heterocycles. The van der Waals surface area contributed by atoms with Gasteiger partial charge in [-0.25, -0.2) is 0 Å². The quantitative estimate of drug-likeness (QED) is 0.659. The molecule has 1 N–H and O–H groups in total. The molecule has 0 aromatic rings. The Morgan fingerprint density at radius 1 is 1.12 bits per heavy atom. The van der Waals surface area contributed by atoms with Gasteiger partial charge in [0.2, 0.25) is 0 Å². The van der Waals surface area contributed by atoms with Crippen molar-refractivity contribution in [3.63, 3.8) is 0 Å². The number of nitrogens with one attached hydrogen (secondary N) is 1. The van der Waals surface area contributed by atoms with Crippen molar-refractivity contribution in [2.75, 3.05) is 6.54 Å². The van der Waals surface area contributed by atoms with Gasteiger partial charge < -0.3 is 5.32 Å². The van der Waals surface area contributed by atoms with Gasteiger partial charge in [-0.05, 0) is 48.9 Å². The summed E-state index contributed by atoms with van der Waals surface area (Å²) in [6.07, 6.45) is 5.53. The summed E-state index contributed by atoms with van der Waals surface area (Å²) in [6.45, 7) is 15.6. The lowest BCUT2D eigenvalue weighted by Crippen LogP contribution is -2.38. The van der Waals surface area contributed by atoms with Crippen molar-refractivity contribution in [1.82, 2.24) is 5.32 Å². The van der Waals surface area contributed by atoms with Crippen LogP contribution in [-0.4, -0.2) is 12.6 Å². The van der Waals surface area contributed by atoms with Crippen molar-refractivity contribution in [2.45, 2.75) is 73.3 Å². The van der Waals surface area contributed by atoms with Crippen LogP contribution < -0.4 is 5.32 Å². The lowest BCUT2D eigenvalue weighted by molar-refractivity contribution is 0.152. The zero-order valence-corrected chi connectivity index (χ0v) is 12.8. The fraction of sp³-hybridized carbons (Fsp3) is 1.00. The number of hydrogen-bond donors (Lipinski definition) is 1. The maximum atomic E-state index is 3.74. The molecular formula is C16H33N. The van der Waals surface area contributed by atoms with Gasteiger partial charge in [0, 0.05) is 12.6 Å². The van der Waals surface area contributed by atoms with Crippen molar-refractivity contribution in [2.24, 2.45) is 23.2 Å². The monoisotopic (exact) mass is 239 g/mol. The molecule has 1 saturated carbocycles. The standard InChI is InChI=1S/C16H33N/c1-12(2)9-14(5)10-16(6,13(3)4)11-17-15-7-8-15/h12-15,17H,7-11H2,1-6H3.